The number of carbonyl (C=O) groups is 2. The lowest BCUT2D eigenvalue weighted by Gasteiger charge is -2.21. The fourth-order valence-electron chi connectivity index (χ4n) is 3.39. The predicted molar refractivity (Wildman–Crippen MR) is 116 cm³/mol. The van der Waals surface area contributed by atoms with Crippen LogP contribution in [0.2, 0.25) is 5.02 Å². The number of amides is 3. The Labute approximate surface area is 178 Å². The molecule has 1 aliphatic rings. The molecule has 0 saturated carbocycles. The van der Waals surface area contributed by atoms with Gasteiger partial charge in [0.05, 0.1) is 5.02 Å². The SMILES string of the molecule is CN1CCCN(C(=O)Nc2c(C(=O)Nc3ccc(Cl)cn3)oc3ccccc23)CC1. The highest BCUT2D eigenvalue weighted by Gasteiger charge is 2.25. The average Bonchev–Trinajstić information content (AvgIpc) is 2.95. The summed E-state index contributed by atoms with van der Waals surface area (Å²) in [6.45, 7) is 3.02. The molecular formula is C21H22ClN5O3. The quantitative estimate of drug-likeness (QED) is 0.661. The molecule has 0 spiro atoms. The van der Waals surface area contributed by atoms with Crippen LogP contribution in [0.4, 0.5) is 16.3 Å². The second-order valence-corrected chi connectivity index (χ2v) is 7.63. The predicted octanol–water partition coefficient (Wildman–Crippen LogP) is 3.90. The summed E-state index contributed by atoms with van der Waals surface area (Å²) in [5, 5.41) is 6.70. The molecule has 0 aliphatic carbocycles. The van der Waals surface area contributed by atoms with E-state index in [1.54, 1.807) is 23.1 Å². The maximum absolute atomic E-state index is 12.9. The first-order chi connectivity index (χ1) is 14.5. The largest absolute Gasteiger partial charge is 0.449 e. The Morgan fingerprint density at radius 1 is 1.07 bits per heavy atom. The number of nitrogens with one attached hydrogen (secondary N) is 2. The van der Waals surface area contributed by atoms with Crippen LogP contribution >= 0.6 is 11.6 Å². The van der Waals surface area contributed by atoms with Crippen molar-refractivity contribution in [2.45, 2.75) is 6.42 Å². The van der Waals surface area contributed by atoms with E-state index in [9.17, 15) is 9.59 Å². The van der Waals surface area contributed by atoms with Gasteiger partial charge in [0, 0.05) is 31.2 Å². The Hall–Kier alpha value is -3.10. The van der Waals surface area contributed by atoms with Gasteiger partial charge in [-0.1, -0.05) is 23.7 Å². The highest BCUT2D eigenvalue weighted by Crippen LogP contribution is 2.31. The minimum atomic E-state index is -0.507. The van der Waals surface area contributed by atoms with Crippen molar-refractivity contribution in [2.24, 2.45) is 0 Å². The Morgan fingerprint density at radius 2 is 1.90 bits per heavy atom. The third kappa shape index (κ3) is 4.39. The summed E-state index contributed by atoms with van der Waals surface area (Å²) < 4.78 is 5.78. The van der Waals surface area contributed by atoms with Crippen LogP contribution < -0.4 is 10.6 Å². The van der Waals surface area contributed by atoms with E-state index in [1.807, 2.05) is 25.2 Å². The van der Waals surface area contributed by atoms with Gasteiger partial charge in [0.2, 0.25) is 5.76 Å². The monoisotopic (exact) mass is 427 g/mol. The maximum atomic E-state index is 12.9. The van der Waals surface area contributed by atoms with Crippen molar-refractivity contribution in [1.82, 2.24) is 14.8 Å². The molecule has 1 fully saturated rings. The van der Waals surface area contributed by atoms with Gasteiger partial charge in [-0.3, -0.25) is 4.79 Å². The summed E-state index contributed by atoms with van der Waals surface area (Å²) in [5.74, 6) is -0.155. The summed E-state index contributed by atoms with van der Waals surface area (Å²) in [6.07, 6.45) is 2.33. The third-order valence-electron chi connectivity index (χ3n) is 5.01. The minimum Gasteiger partial charge on any atom is -0.449 e. The Bertz CT molecular complexity index is 1070. The number of anilines is 2. The molecule has 1 aromatic carbocycles. The zero-order valence-electron chi connectivity index (χ0n) is 16.5. The van der Waals surface area contributed by atoms with Gasteiger partial charge in [-0.05, 0) is 44.3 Å². The zero-order chi connectivity index (χ0) is 21.1. The van der Waals surface area contributed by atoms with E-state index in [2.05, 4.69) is 20.5 Å². The van der Waals surface area contributed by atoms with Crippen molar-refractivity contribution in [3.05, 3.63) is 53.4 Å². The molecule has 0 atom stereocenters. The second-order valence-electron chi connectivity index (χ2n) is 7.19. The molecule has 30 heavy (non-hydrogen) atoms. The number of hydrogen-bond donors (Lipinski definition) is 2. The lowest BCUT2D eigenvalue weighted by Crippen LogP contribution is -2.37. The molecule has 3 heterocycles. The molecule has 9 heteroatoms. The van der Waals surface area contributed by atoms with Gasteiger partial charge in [0.15, 0.2) is 0 Å². The van der Waals surface area contributed by atoms with Crippen LogP contribution in [0.1, 0.15) is 17.0 Å². The van der Waals surface area contributed by atoms with Gasteiger partial charge in [-0.2, -0.15) is 0 Å². The van der Waals surface area contributed by atoms with E-state index in [1.165, 1.54) is 6.20 Å². The number of pyridine rings is 1. The average molecular weight is 428 g/mol. The van der Waals surface area contributed by atoms with E-state index in [-0.39, 0.29) is 11.8 Å². The minimum absolute atomic E-state index is 0.0215. The third-order valence-corrected chi connectivity index (χ3v) is 5.23. The lowest BCUT2D eigenvalue weighted by atomic mass is 10.2. The van der Waals surface area contributed by atoms with E-state index in [4.69, 9.17) is 16.0 Å². The molecule has 1 aliphatic heterocycles. The summed E-state index contributed by atoms with van der Waals surface area (Å²) in [6, 6.07) is 10.2. The van der Waals surface area contributed by atoms with Crippen LogP contribution in [0.3, 0.4) is 0 Å². The number of likely N-dealkylation sites (N-methyl/N-ethyl adjacent to an activating group) is 1. The number of aromatic nitrogens is 1. The zero-order valence-corrected chi connectivity index (χ0v) is 17.3. The molecule has 3 amide bonds. The molecule has 4 rings (SSSR count). The number of nitrogens with zero attached hydrogens (tertiary/aromatic N) is 3. The first-order valence-electron chi connectivity index (χ1n) is 9.70. The Balaban J connectivity index is 1.60. The smallest absolute Gasteiger partial charge is 0.322 e. The van der Waals surface area contributed by atoms with Crippen molar-refractivity contribution in [2.75, 3.05) is 43.9 Å². The number of benzene rings is 1. The maximum Gasteiger partial charge on any atom is 0.322 e. The molecular weight excluding hydrogens is 406 g/mol. The van der Waals surface area contributed by atoms with Crippen molar-refractivity contribution in [1.29, 1.82) is 0 Å². The molecule has 8 nitrogen and oxygen atoms in total. The number of carbonyl (C=O) groups excluding carboxylic acids is 2. The van der Waals surface area contributed by atoms with Crippen LogP contribution in [0.5, 0.6) is 0 Å². The van der Waals surface area contributed by atoms with Crippen LogP contribution in [-0.4, -0.2) is 59.9 Å². The van der Waals surface area contributed by atoms with Crippen LogP contribution in [-0.2, 0) is 0 Å². The molecule has 156 valence electrons. The van der Waals surface area contributed by atoms with Crippen LogP contribution in [0, 0.1) is 0 Å². The lowest BCUT2D eigenvalue weighted by molar-refractivity contribution is 0.0999. The molecule has 0 unspecified atom stereocenters. The van der Waals surface area contributed by atoms with E-state index >= 15 is 0 Å². The first kappa shape index (κ1) is 20.2. The van der Waals surface area contributed by atoms with E-state index in [0.717, 1.165) is 19.5 Å². The topological polar surface area (TPSA) is 90.7 Å². The number of fused-ring (bicyclic) bond motifs is 1. The molecule has 3 aromatic rings. The Morgan fingerprint density at radius 3 is 2.70 bits per heavy atom. The summed E-state index contributed by atoms with van der Waals surface area (Å²) in [5.41, 5.74) is 0.859. The van der Waals surface area contributed by atoms with E-state index < -0.39 is 5.91 Å². The molecule has 2 aromatic heterocycles. The van der Waals surface area contributed by atoms with Gasteiger partial charge in [0.1, 0.15) is 17.1 Å². The fraction of sp³-hybridized carbons (Fsp3) is 0.286. The normalized spacial score (nSPS) is 15.1. The van der Waals surface area contributed by atoms with Crippen LogP contribution in [0.25, 0.3) is 11.0 Å². The highest BCUT2D eigenvalue weighted by molar-refractivity contribution is 6.30. The number of hydrogen-bond acceptors (Lipinski definition) is 5. The van der Waals surface area contributed by atoms with Gasteiger partial charge < -0.3 is 24.9 Å². The Kier molecular flexibility index (Phi) is 5.87. The van der Waals surface area contributed by atoms with E-state index in [0.29, 0.717) is 40.6 Å². The van der Waals surface area contributed by atoms with Gasteiger partial charge in [-0.15, -0.1) is 0 Å². The first-order valence-corrected chi connectivity index (χ1v) is 10.1. The summed E-state index contributed by atoms with van der Waals surface area (Å²) in [4.78, 5) is 33.9. The van der Waals surface area contributed by atoms with Crippen molar-refractivity contribution in [3.8, 4) is 0 Å². The fourth-order valence-corrected chi connectivity index (χ4v) is 3.50. The van der Waals surface area contributed by atoms with Gasteiger partial charge in [-0.25, -0.2) is 9.78 Å². The number of urea groups is 1. The molecule has 0 bridgehead atoms. The van der Waals surface area contributed by atoms with Gasteiger partial charge >= 0.3 is 6.03 Å². The second kappa shape index (κ2) is 8.73. The molecule has 0 radical (unpaired) electrons. The number of furan rings is 1. The summed E-state index contributed by atoms with van der Waals surface area (Å²) >= 11 is 5.85. The highest BCUT2D eigenvalue weighted by atomic mass is 35.5. The molecule has 2 N–H and O–H groups in total. The number of para-hydroxylation sites is 1. The number of rotatable bonds is 3. The summed E-state index contributed by atoms with van der Waals surface area (Å²) in [7, 11) is 2.04. The standard InChI is InChI=1S/C21H22ClN5O3/c1-26-9-4-10-27(12-11-26)21(29)25-18-15-5-2-3-6-16(15)30-19(18)20(28)24-17-8-7-14(22)13-23-17/h2-3,5-8,13H,4,9-12H2,1H3,(H,25,29)(H,23,24,28). The molecule has 1 saturated heterocycles. The van der Waals surface area contributed by atoms with Crippen LogP contribution in [0.15, 0.2) is 47.0 Å². The number of halogens is 1. The van der Waals surface area contributed by atoms with Crippen molar-refractivity contribution < 1.29 is 14.0 Å². The van der Waals surface area contributed by atoms with Gasteiger partial charge in [0.25, 0.3) is 5.91 Å². The van der Waals surface area contributed by atoms with Crippen molar-refractivity contribution in [3.63, 3.8) is 0 Å². The van der Waals surface area contributed by atoms with Crippen molar-refractivity contribution >= 4 is 46.0 Å².